The summed E-state index contributed by atoms with van der Waals surface area (Å²) >= 11 is 0. The topological polar surface area (TPSA) is 93.6 Å². The Balaban J connectivity index is 2.01. The van der Waals surface area contributed by atoms with E-state index in [-0.39, 0.29) is 23.1 Å². The van der Waals surface area contributed by atoms with Crippen LogP contribution in [0.1, 0.15) is 0 Å². The van der Waals surface area contributed by atoms with Crippen molar-refractivity contribution in [1.82, 2.24) is 20.3 Å². The summed E-state index contributed by atoms with van der Waals surface area (Å²) in [5.74, 6) is -0.962. The standard InChI is InChI=1S/C11H7F2N5O/c12-6-1-5(2-7(13)3-6)10-15-11(19-18-10)8-4-9(14)17-16-8/h1-4H,(H3,14,16,17). The van der Waals surface area contributed by atoms with Gasteiger partial charge < -0.3 is 10.3 Å². The van der Waals surface area contributed by atoms with E-state index in [1.54, 1.807) is 0 Å². The number of nitrogens with two attached hydrogens (primary N) is 1. The highest BCUT2D eigenvalue weighted by atomic mass is 19.1. The summed E-state index contributed by atoms with van der Waals surface area (Å²) in [7, 11) is 0. The Kier molecular flexibility index (Phi) is 2.48. The van der Waals surface area contributed by atoms with Gasteiger partial charge in [-0.2, -0.15) is 10.1 Å². The predicted octanol–water partition coefficient (Wildman–Crippen LogP) is 1.99. The number of benzene rings is 1. The monoisotopic (exact) mass is 263 g/mol. The van der Waals surface area contributed by atoms with Gasteiger partial charge in [0.05, 0.1) is 0 Å². The summed E-state index contributed by atoms with van der Waals surface area (Å²) in [5.41, 5.74) is 6.05. The van der Waals surface area contributed by atoms with E-state index in [0.29, 0.717) is 5.69 Å². The summed E-state index contributed by atoms with van der Waals surface area (Å²) in [4.78, 5) is 4.01. The number of hydrogen-bond donors (Lipinski definition) is 2. The molecule has 3 aromatic rings. The molecule has 0 aliphatic heterocycles. The van der Waals surface area contributed by atoms with Crippen LogP contribution in [0.5, 0.6) is 0 Å². The van der Waals surface area contributed by atoms with Crippen molar-refractivity contribution >= 4 is 5.82 Å². The summed E-state index contributed by atoms with van der Waals surface area (Å²) in [5, 5.41) is 9.94. The van der Waals surface area contributed by atoms with E-state index in [4.69, 9.17) is 10.3 Å². The number of nitrogens with one attached hydrogen (secondary N) is 1. The van der Waals surface area contributed by atoms with E-state index >= 15 is 0 Å². The minimum absolute atomic E-state index is 0.0709. The molecule has 1 aromatic carbocycles. The molecule has 6 nitrogen and oxygen atoms in total. The highest BCUT2D eigenvalue weighted by molar-refractivity contribution is 5.59. The van der Waals surface area contributed by atoms with Crippen LogP contribution in [-0.4, -0.2) is 20.3 Å². The van der Waals surface area contributed by atoms with Crippen LogP contribution in [-0.2, 0) is 0 Å². The molecule has 0 unspecified atom stereocenters. The normalized spacial score (nSPS) is 10.8. The lowest BCUT2D eigenvalue weighted by Crippen LogP contribution is -1.86. The van der Waals surface area contributed by atoms with Gasteiger partial charge in [0.2, 0.25) is 5.82 Å². The first kappa shape index (κ1) is 11.3. The molecule has 0 spiro atoms. The van der Waals surface area contributed by atoms with Crippen molar-refractivity contribution in [3.8, 4) is 23.0 Å². The van der Waals surface area contributed by atoms with Crippen molar-refractivity contribution < 1.29 is 13.3 Å². The zero-order valence-corrected chi connectivity index (χ0v) is 9.39. The molecule has 2 heterocycles. The fourth-order valence-electron chi connectivity index (χ4n) is 1.58. The zero-order chi connectivity index (χ0) is 13.4. The highest BCUT2D eigenvalue weighted by Crippen LogP contribution is 2.22. The van der Waals surface area contributed by atoms with Gasteiger partial charge >= 0.3 is 0 Å². The van der Waals surface area contributed by atoms with Crippen molar-refractivity contribution in [2.75, 3.05) is 5.73 Å². The van der Waals surface area contributed by atoms with Gasteiger partial charge in [-0.3, -0.25) is 5.10 Å². The third-order valence-electron chi connectivity index (χ3n) is 2.37. The first-order valence-corrected chi connectivity index (χ1v) is 5.23. The average molecular weight is 263 g/mol. The number of nitrogens with zero attached hydrogens (tertiary/aromatic N) is 3. The molecule has 0 saturated carbocycles. The van der Waals surface area contributed by atoms with Crippen molar-refractivity contribution in [3.05, 3.63) is 35.9 Å². The molecule has 96 valence electrons. The number of nitrogen functional groups attached to an aromatic ring is 1. The van der Waals surface area contributed by atoms with Crippen molar-refractivity contribution in [3.63, 3.8) is 0 Å². The maximum atomic E-state index is 13.1. The van der Waals surface area contributed by atoms with Crippen LogP contribution in [0.3, 0.4) is 0 Å². The van der Waals surface area contributed by atoms with Gasteiger partial charge in [-0.25, -0.2) is 8.78 Å². The molecule has 8 heteroatoms. The Labute approximate surface area is 105 Å². The number of hydrogen-bond acceptors (Lipinski definition) is 5. The Morgan fingerprint density at radius 3 is 2.47 bits per heavy atom. The molecule has 0 aliphatic carbocycles. The molecule has 0 bridgehead atoms. The Morgan fingerprint density at radius 2 is 1.84 bits per heavy atom. The molecule has 3 N–H and O–H groups in total. The maximum absolute atomic E-state index is 13.1. The predicted molar refractivity (Wildman–Crippen MR) is 61.6 cm³/mol. The lowest BCUT2D eigenvalue weighted by atomic mass is 10.2. The van der Waals surface area contributed by atoms with E-state index in [9.17, 15) is 8.78 Å². The smallest absolute Gasteiger partial charge is 0.276 e. The second-order valence-corrected chi connectivity index (χ2v) is 3.79. The second kappa shape index (κ2) is 4.16. The third kappa shape index (κ3) is 2.15. The molecule has 0 atom stereocenters. The largest absolute Gasteiger partial charge is 0.382 e. The van der Waals surface area contributed by atoms with Gasteiger partial charge in [0.15, 0.2) is 0 Å². The number of rotatable bonds is 2. The van der Waals surface area contributed by atoms with Crippen LogP contribution in [0.25, 0.3) is 23.0 Å². The molecule has 19 heavy (non-hydrogen) atoms. The quantitative estimate of drug-likeness (QED) is 0.737. The van der Waals surface area contributed by atoms with Crippen molar-refractivity contribution in [2.24, 2.45) is 0 Å². The molecule has 0 fully saturated rings. The Hall–Kier alpha value is -2.77. The number of anilines is 1. The minimum atomic E-state index is -0.716. The SMILES string of the molecule is Nc1cc(-c2nc(-c3cc(F)cc(F)c3)no2)[nH]n1. The van der Waals surface area contributed by atoms with Gasteiger partial charge in [-0.15, -0.1) is 0 Å². The van der Waals surface area contributed by atoms with Crippen LogP contribution in [0.15, 0.2) is 28.8 Å². The Morgan fingerprint density at radius 1 is 1.11 bits per heavy atom. The lowest BCUT2D eigenvalue weighted by molar-refractivity contribution is 0.431. The lowest BCUT2D eigenvalue weighted by Gasteiger charge is -1.95. The third-order valence-corrected chi connectivity index (χ3v) is 2.37. The fraction of sp³-hybridized carbons (Fsp3) is 0. The van der Waals surface area contributed by atoms with Crippen LogP contribution < -0.4 is 5.73 Å². The van der Waals surface area contributed by atoms with E-state index in [0.717, 1.165) is 18.2 Å². The van der Waals surface area contributed by atoms with E-state index < -0.39 is 11.6 Å². The van der Waals surface area contributed by atoms with E-state index in [2.05, 4.69) is 20.3 Å². The number of H-pyrrole nitrogens is 1. The number of aromatic nitrogens is 4. The summed E-state index contributed by atoms with van der Waals surface area (Å²) < 4.78 is 31.1. The fourth-order valence-corrected chi connectivity index (χ4v) is 1.58. The van der Waals surface area contributed by atoms with Gasteiger partial charge in [0.1, 0.15) is 23.1 Å². The van der Waals surface area contributed by atoms with Crippen LogP contribution in [0.2, 0.25) is 0 Å². The van der Waals surface area contributed by atoms with E-state index in [1.165, 1.54) is 6.07 Å². The molecule has 0 radical (unpaired) electrons. The van der Waals surface area contributed by atoms with Gasteiger partial charge in [0.25, 0.3) is 5.89 Å². The van der Waals surface area contributed by atoms with Crippen LogP contribution in [0, 0.1) is 11.6 Å². The van der Waals surface area contributed by atoms with Gasteiger partial charge in [0, 0.05) is 17.7 Å². The summed E-state index contributed by atoms with van der Waals surface area (Å²) in [6, 6.07) is 4.49. The molecular weight excluding hydrogens is 256 g/mol. The molecule has 0 saturated heterocycles. The van der Waals surface area contributed by atoms with Crippen LogP contribution >= 0.6 is 0 Å². The number of halogens is 2. The summed E-state index contributed by atoms with van der Waals surface area (Å²) in [6.07, 6.45) is 0. The molecule has 2 aromatic heterocycles. The minimum Gasteiger partial charge on any atom is -0.382 e. The molecule has 3 rings (SSSR count). The highest BCUT2D eigenvalue weighted by Gasteiger charge is 2.13. The van der Waals surface area contributed by atoms with Crippen LogP contribution in [0.4, 0.5) is 14.6 Å². The number of aromatic amines is 1. The first-order chi connectivity index (χ1) is 9.11. The maximum Gasteiger partial charge on any atom is 0.276 e. The molecular formula is C11H7F2N5O. The van der Waals surface area contributed by atoms with E-state index in [1.807, 2.05) is 0 Å². The van der Waals surface area contributed by atoms with Gasteiger partial charge in [-0.05, 0) is 12.1 Å². The molecule has 0 aliphatic rings. The van der Waals surface area contributed by atoms with Crippen molar-refractivity contribution in [2.45, 2.75) is 0 Å². The average Bonchev–Trinajstić information content (AvgIpc) is 2.95. The molecule has 0 amide bonds. The summed E-state index contributed by atoms with van der Waals surface area (Å²) in [6.45, 7) is 0. The first-order valence-electron chi connectivity index (χ1n) is 5.23. The Bertz CT molecular complexity index is 716. The van der Waals surface area contributed by atoms with Gasteiger partial charge in [-0.1, -0.05) is 5.16 Å². The zero-order valence-electron chi connectivity index (χ0n) is 9.39. The van der Waals surface area contributed by atoms with Crippen molar-refractivity contribution in [1.29, 1.82) is 0 Å². The second-order valence-electron chi connectivity index (χ2n) is 3.79.